The van der Waals surface area contributed by atoms with Gasteiger partial charge in [-0.05, 0) is 57.9 Å². The van der Waals surface area contributed by atoms with Crippen LogP contribution < -0.4 is 4.72 Å². The van der Waals surface area contributed by atoms with Gasteiger partial charge in [-0.25, -0.2) is 13.1 Å². The summed E-state index contributed by atoms with van der Waals surface area (Å²) in [6, 6.07) is 1.54. The number of aryl methyl sites for hydroxylation is 1. The van der Waals surface area contributed by atoms with E-state index in [-0.39, 0.29) is 22.6 Å². The van der Waals surface area contributed by atoms with Gasteiger partial charge < -0.3 is 9.32 Å². The lowest BCUT2D eigenvalue weighted by Gasteiger charge is -2.13. The molecular weight excluding hydrogens is 424 g/mol. The quantitative estimate of drug-likeness (QED) is 0.647. The molecule has 1 N–H and O–H groups in total. The summed E-state index contributed by atoms with van der Waals surface area (Å²) in [6.07, 6.45) is 9.44. The van der Waals surface area contributed by atoms with Crippen LogP contribution in [-0.2, 0) is 10.0 Å². The lowest BCUT2D eigenvalue weighted by molar-refractivity contribution is 0.0754. The standard InChI is InChI=1S/C20H26N4O4S2/c1-14-17(30(26,27)21-10-9-15-7-3-2-4-8-15)13-16(29-14)18-22-23-19(28-18)20(25)24-11-5-6-12-24/h7,13,21H,2-6,8-12H2,1H3. The molecule has 0 radical (unpaired) electrons. The zero-order valence-electron chi connectivity index (χ0n) is 17.0. The Hall–Kier alpha value is -2.04. The summed E-state index contributed by atoms with van der Waals surface area (Å²) in [5.41, 5.74) is 1.33. The van der Waals surface area contributed by atoms with Gasteiger partial charge in [-0.1, -0.05) is 11.6 Å². The molecule has 0 saturated carbocycles. The largest absolute Gasteiger partial charge is 0.411 e. The molecule has 162 valence electrons. The number of nitrogens with one attached hydrogen (secondary N) is 1. The van der Waals surface area contributed by atoms with E-state index in [4.69, 9.17) is 4.42 Å². The number of hydrogen-bond acceptors (Lipinski definition) is 7. The van der Waals surface area contributed by atoms with Gasteiger partial charge in [0.1, 0.15) is 0 Å². The normalized spacial score (nSPS) is 17.4. The van der Waals surface area contributed by atoms with E-state index in [0.29, 0.717) is 29.4 Å². The fourth-order valence-corrected chi connectivity index (χ4v) is 6.40. The van der Waals surface area contributed by atoms with Crippen LogP contribution in [0.4, 0.5) is 0 Å². The maximum absolute atomic E-state index is 12.8. The number of aromatic nitrogens is 2. The third-order valence-corrected chi connectivity index (χ3v) is 8.25. The van der Waals surface area contributed by atoms with Crippen LogP contribution in [0, 0.1) is 6.92 Å². The molecule has 3 heterocycles. The topological polar surface area (TPSA) is 105 Å². The maximum Gasteiger partial charge on any atom is 0.311 e. The SMILES string of the molecule is Cc1sc(-c2nnc(C(=O)N3CCCC3)o2)cc1S(=O)(=O)NCCC1=CCCCC1. The Morgan fingerprint density at radius 3 is 2.77 bits per heavy atom. The Labute approximate surface area is 180 Å². The third-order valence-electron chi connectivity index (χ3n) is 5.50. The van der Waals surface area contributed by atoms with Gasteiger partial charge in [0.25, 0.3) is 5.89 Å². The summed E-state index contributed by atoms with van der Waals surface area (Å²) < 4.78 is 33.8. The van der Waals surface area contributed by atoms with Crippen molar-refractivity contribution >= 4 is 27.3 Å². The molecule has 1 saturated heterocycles. The number of hydrogen-bond donors (Lipinski definition) is 1. The van der Waals surface area contributed by atoms with Crippen molar-refractivity contribution < 1.29 is 17.6 Å². The van der Waals surface area contributed by atoms with E-state index >= 15 is 0 Å². The average molecular weight is 451 g/mol. The molecule has 8 nitrogen and oxygen atoms in total. The number of nitrogens with zero attached hydrogens (tertiary/aromatic N) is 3. The second-order valence-corrected chi connectivity index (χ2v) is 10.7. The Morgan fingerprint density at radius 1 is 1.23 bits per heavy atom. The monoisotopic (exact) mass is 450 g/mol. The lowest BCUT2D eigenvalue weighted by Crippen LogP contribution is -2.27. The van der Waals surface area contributed by atoms with E-state index in [0.717, 1.165) is 32.1 Å². The van der Waals surface area contributed by atoms with Crippen molar-refractivity contribution in [1.29, 1.82) is 0 Å². The van der Waals surface area contributed by atoms with Crippen molar-refractivity contribution in [3.8, 4) is 10.8 Å². The highest BCUT2D eigenvalue weighted by Crippen LogP contribution is 2.33. The molecule has 1 aliphatic carbocycles. The van der Waals surface area contributed by atoms with Gasteiger partial charge >= 0.3 is 11.8 Å². The predicted octanol–water partition coefficient (Wildman–Crippen LogP) is 3.51. The molecule has 1 amide bonds. The number of thiophene rings is 1. The van der Waals surface area contributed by atoms with Crippen LogP contribution >= 0.6 is 11.3 Å². The first-order valence-electron chi connectivity index (χ1n) is 10.4. The predicted molar refractivity (Wildman–Crippen MR) is 114 cm³/mol. The number of likely N-dealkylation sites (tertiary alicyclic amines) is 1. The van der Waals surface area contributed by atoms with Crippen molar-refractivity contribution in [2.75, 3.05) is 19.6 Å². The van der Waals surface area contributed by atoms with Gasteiger partial charge in [-0.3, -0.25) is 4.79 Å². The first-order valence-corrected chi connectivity index (χ1v) is 12.7. The van der Waals surface area contributed by atoms with Crippen molar-refractivity contribution in [3.63, 3.8) is 0 Å². The van der Waals surface area contributed by atoms with Crippen molar-refractivity contribution in [2.24, 2.45) is 0 Å². The van der Waals surface area contributed by atoms with E-state index in [9.17, 15) is 13.2 Å². The zero-order chi connectivity index (χ0) is 21.1. The Kier molecular flexibility index (Phi) is 6.35. The number of sulfonamides is 1. The molecule has 30 heavy (non-hydrogen) atoms. The maximum atomic E-state index is 12.8. The van der Waals surface area contributed by atoms with Gasteiger partial charge in [0.05, 0.1) is 9.77 Å². The molecule has 10 heteroatoms. The summed E-state index contributed by atoms with van der Waals surface area (Å²) in [6.45, 7) is 3.52. The minimum absolute atomic E-state index is 0.0544. The molecule has 0 bridgehead atoms. The molecule has 1 aliphatic heterocycles. The van der Waals surface area contributed by atoms with Crippen LogP contribution in [0.15, 0.2) is 27.0 Å². The van der Waals surface area contributed by atoms with Crippen molar-refractivity contribution in [1.82, 2.24) is 19.8 Å². The molecule has 2 aromatic heterocycles. The smallest absolute Gasteiger partial charge is 0.311 e. The molecule has 0 unspecified atom stereocenters. The van der Waals surface area contributed by atoms with Crippen LogP contribution in [0.25, 0.3) is 10.8 Å². The summed E-state index contributed by atoms with van der Waals surface area (Å²) in [5, 5.41) is 7.83. The van der Waals surface area contributed by atoms with E-state index in [1.54, 1.807) is 17.9 Å². The summed E-state index contributed by atoms with van der Waals surface area (Å²) in [5.74, 6) is -0.160. The molecule has 0 aromatic carbocycles. The highest BCUT2D eigenvalue weighted by Gasteiger charge is 2.26. The Morgan fingerprint density at radius 2 is 2.03 bits per heavy atom. The van der Waals surface area contributed by atoms with Crippen LogP contribution in [-0.4, -0.2) is 49.1 Å². The number of carbonyl (C=O) groups excluding carboxylic acids is 1. The third kappa shape index (κ3) is 4.65. The summed E-state index contributed by atoms with van der Waals surface area (Å²) >= 11 is 1.26. The van der Waals surface area contributed by atoms with E-state index in [1.165, 1.54) is 29.8 Å². The molecule has 0 spiro atoms. The van der Waals surface area contributed by atoms with Gasteiger partial charge in [0.15, 0.2) is 0 Å². The van der Waals surface area contributed by atoms with Crippen LogP contribution in [0.5, 0.6) is 0 Å². The summed E-state index contributed by atoms with van der Waals surface area (Å²) in [7, 11) is -3.63. The average Bonchev–Trinajstić information content (AvgIpc) is 3.48. The minimum Gasteiger partial charge on any atom is -0.411 e. The van der Waals surface area contributed by atoms with E-state index in [2.05, 4.69) is 21.0 Å². The molecule has 4 rings (SSSR count). The number of allylic oxidation sites excluding steroid dienone is 1. The van der Waals surface area contributed by atoms with Crippen LogP contribution in [0.3, 0.4) is 0 Å². The van der Waals surface area contributed by atoms with Crippen LogP contribution in [0.1, 0.15) is 60.5 Å². The minimum atomic E-state index is -3.63. The molecular formula is C20H26N4O4S2. The highest BCUT2D eigenvalue weighted by atomic mass is 32.2. The zero-order valence-corrected chi connectivity index (χ0v) is 18.6. The van der Waals surface area contributed by atoms with E-state index in [1.807, 2.05) is 0 Å². The van der Waals surface area contributed by atoms with Crippen molar-refractivity contribution in [2.45, 2.75) is 56.8 Å². The number of carbonyl (C=O) groups is 1. The highest BCUT2D eigenvalue weighted by molar-refractivity contribution is 7.89. The molecule has 2 aliphatic rings. The Bertz CT molecular complexity index is 1050. The van der Waals surface area contributed by atoms with Gasteiger partial charge in [-0.2, -0.15) is 0 Å². The van der Waals surface area contributed by atoms with Gasteiger partial charge in [0.2, 0.25) is 10.0 Å². The molecule has 2 aromatic rings. The Balaban J connectivity index is 1.44. The molecule has 1 fully saturated rings. The fourth-order valence-electron chi connectivity index (χ4n) is 3.86. The van der Waals surface area contributed by atoms with Gasteiger partial charge in [0, 0.05) is 24.5 Å². The first-order chi connectivity index (χ1) is 14.4. The summed E-state index contributed by atoms with van der Waals surface area (Å²) in [4.78, 5) is 15.5. The fraction of sp³-hybridized carbons (Fsp3) is 0.550. The number of rotatable bonds is 7. The lowest BCUT2D eigenvalue weighted by atomic mass is 9.97. The van der Waals surface area contributed by atoms with Crippen molar-refractivity contribution in [3.05, 3.63) is 28.5 Å². The molecule has 0 atom stereocenters. The van der Waals surface area contributed by atoms with E-state index < -0.39 is 10.0 Å². The number of amides is 1. The first kappa shape index (κ1) is 21.2. The van der Waals surface area contributed by atoms with Gasteiger partial charge in [-0.15, -0.1) is 21.5 Å². The second kappa shape index (κ2) is 8.99. The van der Waals surface area contributed by atoms with Crippen LogP contribution in [0.2, 0.25) is 0 Å². The second-order valence-electron chi connectivity index (χ2n) is 7.70.